The fraction of sp³-hybridized carbons (Fsp3) is 0.261. The molecular formula is C23H26N4O. The predicted molar refractivity (Wildman–Crippen MR) is 114 cm³/mol. The minimum absolute atomic E-state index is 0.177. The molecule has 0 spiro atoms. The first-order chi connectivity index (χ1) is 13.7. The molecule has 0 saturated carbocycles. The second-order valence-corrected chi connectivity index (χ2v) is 6.46. The number of nitrogens with one attached hydrogen (secondary N) is 1. The molecule has 28 heavy (non-hydrogen) atoms. The highest BCUT2D eigenvalue weighted by Crippen LogP contribution is 2.20. The maximum absolute atomic E-state index is 12.7. The summed E-state index contributed by atoms with van der Waals surface area (Å²) in [6.07, 6.45) is 0.784. The van der Waals surface area contributed by atoms with E-state index in [0.29, 0.717) is 18.1 Å². The van der Waals surface area contributed by atoms with Gasteiger partial charge >= 0.3 is 0 Å². The van der Waals surface area contributed by atoms with Gasteiger partial charge in [0.2, 0.25) is 0 Å². The number of benzene rings is 2. The van der Waals surface area contributed by atoms with Gasteiger partial charge in [0, 0.05) is 31.3 Å². The van der Waals surface area contributed by atoms with Crippen LogP contribution in [0.1, 0.15) is 29.9 Å². The van der Waals surface area contributed by atoms with Gasteiger partial charge in [-0.3, -0.25) is 4.79 Å². The molecule has 1 aromatic heterocycles. The first-order valence-electron chi connectivity index (χ1n) is 9.72. The number of carbonyl (C=O) groups is 1. The molecule has 0 aliphatic heterocycles. The molecule has 3 aromatic rings. The monoisotopic (exact) mass is 374 g/mol. The third-order valence-corrected chi connectivity index (χ3v) is 4.61. The van der Waals surface area contributed by atoms with Crippen LogP contribution in [-0.4, -0.2) is 35.5 Å². The summed E-state index contributed by atoms with van der Waals surface area (Å²) in [6, 6.07) is 21.6. The summed E-state index contributed by atoms with van der Waals surface area (Å²) in [5.74, 6) is 1.16. The maximum Gasteiger partial charge on any atom is 0.270 e. The van der Waals surface area contributed by atoms with E-state index in [9.17, 15) is 4.79 Å². The van der Waals surface area contributed by atoms with Crippen LogP contribution in [0.4, 0.5) is 5.82 Å². The minimum atomic E-state index is -0.177. The van der Waals surface area contributed by atoms with Gasteiger partial charge in [-0.1, -0.05) is 60.7 Å². The van der Waals surface area contributed by atoms with E-state index in [1.165, 1.54) is 5.56 Å². The number of nitrogens with zero attached hydrogens (tertiary/aromatic N) is 3. The van der Waals surface area contributed by atoms with Gasteiger partial charge in [-0.05, 0) is 25.8 Å². The zero-order valence-corrected chi connectivity index (χ0v) is 16.4. The smallest absolute Gasteiger partial charge is 0.270 e. The van der Waals surface area contributed by atoms with Gasteiger partial charge in [0.25, 0.3) is 5.91 Å². The number of amides is 1. The molecule has 0 bridgehead atoms. The average Bonchev–Trinajstić information content (AvgIpc) is 2.76. The molecule has 1 N–H and O–H groups in total. The quantitative estimate of drug-likeness (QED) is 0.648. The van der Waals surface area contributed by atoms with Crippen molar-refractivity contribution in [2.24, 2.45) is 0 Å². The van der Waals surface area contributed by atoms with Gasteiger partial charge in [-0.2, -0.15) is 0 Å². The van der Waals surface area contributed by atoms with Crippen LogP contribution in [0.2, 0.25) is 0 Å². The first-order valence-corrected chi connectivity index (χ1v) is 9.72. The summed E-state index contributed by atoms with van der Waals surface area (Å²) in [5, 5.41) is 2.98. The van der Waals surface area contributed by atoms with Crippen LogP contribution in [0, 0.1) is 0 Å². The van der Waals surface area contributed by atoms with Crippen molar-refractivity contribution in [2.45, 2.75) is 20.3 Å². The summed E-state index contributed by atoms with van der Waals surface area (Å²) >= 11 is 0. The van der Waals surface area contributed by atoms with Crippen LogP contribution in [0.3, 0.4) is 0 Å². The Morgan fingerprint density at radius 2 is 1.57 bits per heavy atom. The Hall–Kier alpha value is -3.21. The Bertz CT molecular complexity index is 893. The van der Waals surface area contributed by atoms with E-state index < -0.39 is 0 Å². The lowest BCUT2D eigenvalue weighted by molar-refractivity contribution is 0.0949. The summed E-state index contributed by atoms with van der Waals surface area (Å²) in [5.41, 5.74) is 2.48. The highest BCUT2D eigenvalue weighted by atomic mass is 16.1. The third kappa shape index (κ3) is 4.94. The first kappa shape index (κ1) is 19.5. The van der Waals surface area contributed by atoms with E-state index in [2.05, 4.69) is 41.2 Å². The molecule has 0 saturated heterocycles. The molecule has 144 valence electrons. The molecule has 0 fully saturated rings. The Morgan fingerprint density at radius 3 is 2.21 bits per heavy atom. The highest BCUT2D eigenvalue weighted by molar-refractivity contribution is 5.93. The predicted octanol–water partition coefficient (Wildman–Crippen LogP) is 3.96. The van der Waals surface area contributed by atoms with Crippen molar-refractivity contribution in [1.82, 2.24) is 15.3 Å². The molecule has 5 nitrogen and oxygen atoms in total. The van der Waals surface area contributed by atoms with Crippen molar-refractivity contribution in [3.63, 3.8) is 0 Å². The topological polar surface area (TPSA) is 58.1 Å². The van der Waals surface area contributed by atoms with Crippen molar-refractivity contribution < 1.29 is 4.79 Å². The second-order valence-electron chi connectivity index (χ2n) is 6.46. The number of hydrogen-bond acceptors (Lipinski definition) is 4. The van der Waals surface area contributed by atoms with Crippen LogP contribution >= 0.6 is 0 Å². The van der Waals surface area contributed by atoms with Gasteiger partial charge in [0.05, 0.1) is 0 Å². The van der Waals surface area contributed by atoms with Crippen LogP contribution < -0.4 is 10.2 Å². The molecule has 2 aromatic carbocycles. The van der Waals surface area contributed by atoms with Crippen LogP contribution in [-0.2, 0) is 6.42 Å². The average molecular weight is 374 g/mol. The van der Waals surface area contributed by atoms with E-state index in [1.54, 1.807) is 6.07 Å². The standard InChI is InChI=1S/C23H26N4O/c1-3-27(4-2)21-17-20(25-22(26-21)19-13-9-6-10-14-19)23(28)24-16-15-18-11-7-5-8-12-18/h5-14,17H,3-4,15-16H2,1-2H3,(H,24,28). The summed E-state index contributed by atoms with van der Waals surface area (Å²) in [7, 11) is 0. The highest BCUT2D eigenvalue weighted by Gasteiger charge is 2.15. The zero-order chi connectivity index (χ0) is 19.8. The molecule has 0 unspecified atom stereocenters. The molecule has 0 atom stereocenters. The molecule has 1 heterocycles. The number of aromatic nitrogens is 2. The molecule has 1 amide bonds. The van der Waals surface area contributed by atoms with E-state index in [1.807, 2.05) is 48.5 Å². The SMILES string of the molecule is CCN(CC)c1cc(C(=O)NCCc2ccccc2)nc(-c2ccccc2)n1. The normalized spacial score (nSPS) is 10.5. The fourth-order valence-corrected chi connectivity index (χ4v) is 3.03. The summed E-state index contributed by atoms with van der Waals surface area (Å²) in [4.78, 5) is 24.1. The van der Waals surface area contributed by atoms with Crippen molar-refractivity contribution in [1.29, 1.82) is 0 Å². The Kier molecular flexibility index (Phi) is 6.73. The molecule has 0 radical (unpaired) electrons. The minimum Gasteiger partial charge on any atom is -0.357 e. The number of hydrogen-bond donors (Lipinski definition) is 1. The molecule has 0 aliphatic carbocycles. The lowest BCUT2D eigenvalue weighted by Crippen LogP contribution is -2.28. The van der Waals surface area contributed by atoms with Crippen LogP contribution in [0.5, 0.6) is 0 Å². The third-order valence-electron chi connectivity index (χ3n) is 4.61. The molecule has 5 heteroatoms. The largest absolute Gasteiger partial charge is 0.357 e. The van der Waals surface area contributed by atoms with E-state index >= 15 is 0 Å². The number of rotatable bonds is 8. The lowest BCUT2D eigenvalue weighted by atomic mass is 10.1. The molecular weight excluding hydrogens is 348 g/mol. The van der Waals surface area contributed by atoms with Crippen molar-refractivity contribution in [3.8, 4) is 11.4 Å². The lowest BCUT2D eigenvalue weighted by Gasteiger charge is -2.21. The van der Waals surface area contributed by atoms with Crippen molar-refractivity contribution in [3.05, 3.63) is 78.0 Å². The van der Waals surface area contributed by atoms with E-state index in [-0.39, 0.29) is 5.91 Å². The van der Waals surface area contributed by atoms with Crippen LogP contribution in [0.25, 0.3) is 11.4 Å². The Balaban J connectivity index is 1.82. The van der Waals surface area contributed by atoms with E-state index in [4.69, 9.17) is 4.98 Å². The Labute approximate surface area is 166 Å². The van der Waals surface area contributed by atoms with Gasteiger partial charge in [-0.25, -0.2) is 9.97 Å². The second kappa shape index (κ2) is 9.65. The molecule has 3 rings (SSSR count). The van der Waals surface area contributed by atoms with Gasteiger partial charge in [-0.15, -0.1) is 0 Å². The maximum atomic E-state index is 12.7. The van der Waals surface area contributed by atoms with Gasteiger partial charge in [0.15, 0.2) is 5.82 Å². The zero-order valence-electron chi connectivity index (χ0n) is 16.4. The van der Waals surface area contributed by atoms with Gasteiger partial charge < -0.3 is 10.2 Å². The van der Waals surface area contributed by atoms with Crippen molar-refractivity contribution >= 4 is 11.7 Å². The summed E-state index contributed by atoms with van der Waals surface area (Å²) < 4.78 is 0. The molecule has 0 aliphatic rings. The van der Waals surface area contributed by atoms with Crippen LogP contribution in [0.15, 0.2) is 66.7 Å². The van der Waals surface area contributed by atoms with E-state index in [0.717, 1.165) is 30.9 Å². The number of anilines is 1. The Morgan fingerprint density at radius 1 is 0.929 bits per heavy atom. The van der Waals surface area contributed by atoms with Crippen molar-refractivity contribution in [2.75, 3.05) is 24.5 Å². The fourth-order valence-electron chi connectivity index (χ4n) is 3.03. The van der Waals surface area contributed by atoms with Gasteiger partial charge in [0.1, 0.15) is 11.5 Å². The number of carbonyl (C=O) groups excluding carboxylic acids is 1. The summed E-state index contributed by atoms with van der Waals surface area (Å²) in [6.45, 7) is 6.35.